The zero-order valence-electron chi connectivity index (χ0n) is 14.8. The highest BCUT2D eigenvalue weighted by Gasteiger charge is 2.22. The van der Waals surface area contributed by atoms with Crippen LogP contribution in [0.5, 0.6) is 0 Å². The SMILES string of the molecule is COC(=O)[C@H](CC(C)C)NC(=O)COC(=O)/C=C/c1ccc(F)c(Cl)c1. The molecule has 0 bridgehead atoms. The predicted molar refractivity (Wildman–Crippen MR) is 94.8 cm³/mol. The number of rotatable bonds is 8. The first-order valence-corrected chi connectivity index (χ1v) is 8.27. The van der Waals surface area contributed by atoms with E-state index in [2.05, 4.69) is 10.1 Å². The molecule has 1 aromatic carbocycles. The van der Waals surface area contributed by atoms with Crippen molar-refractivity contribution in [2.75, 3.05) is 13.7 Å². The number of carbonyl (C=O) groups excluding carboxylic acids is 3. The Kier molecular flexibility index (Phi) is 8.78. The van der Waals surface area contributed by atoms with Gasteiger partial charge in [-0.3, -0.25) is 4.79 Å². The first-order chi connectivity index (χ1) is 12.2. The second kappa shape index (κ2) is 10.6. The van der Waals surface area contributed by atoms with E-state index in [1.54, 1.807) is 0 Å². The molecule has 1 amide bonds. The van der Waals surface area contributed by atoms with Crippen molar-refractivity contribution >= 4 is 35.5 Å². The Morgan fingerprint density at radius 2 is 2.00 bits per heavy atom. The summed E-state index contributed by atoms with van der Waals surface area (Å²) in [6.45, 7) is 3.25. The summed E-state index contributed by atoms with van der Waals surface area (Å²) in [6, 6.07) is 3.15. The molecule has 0 saturated carbocycles. The molecule has 0 unspecified atom stereocenters. The van der Waals surface area contributed by atoms with Crippen LogP contribution < -0.4 is 5.32 Å². The molecule has 0 spiro atoms. The molecule has 1 aromatic rings. The smallest absolute Gasteiger partial charge is 0.331 e. The third kappa shape index (κ3) is 7.65. The fraction of sp³-hybridized carbons (Fsp3) is 0.389. The van der Waals surface area contributed by atoms with E-state index >= 15 is 0 Å². The third-order valence-electron chi connectivity index (χ3n) is 3.23. The molecule has 8 heteroatoms. The van der Waals surface area contributed by atoms with E-state index in [0.29, 0.717) is 12.0 Å². The summed E-state index contributed by atoms with van der Waals surface area (Å²) in [7, 11) is 1.23. The number of methoxy groups -OCH3 is 1. The van der Waals surface area contributed by atoms with Crippen molar-refractivity contribution in [3.8, 4) is 0 Å². The number of benzene rings is 1. The lowest BCUT2D eigenvalue weighted by atomic mass is 10.0. The minimum atomic E-state index is -0.803. The van der Waals surface area contributed by atoms with Gasteiger partial charge in [-0.15, -0.1) is 0 Å². The lowest BCUT2D eigenvalue weighted by Gasteiger charge is -2.18. The number of ether oxygens (including phenoxy) is 2. The van der Waals surface area contributed by atoms with Crippen LogP contribution in [0.2, 0.25) is 5.02 Å². The Labute approximate surface area is 156 Å². The average molecular weight is 386 g/mol. The van der Waals surface area contributed by atoms with Gasteiger partial charge in [0.15, 0.2) is 6.61 Å². The van der Waals surface area contributed by atoms with E-state index < -0.39 is 36.3 Å². The fourth-order valence-electron chi connectivity index (χ4n) is 2.03. The van der Waals surface area contributed by atoms with Crippen LogP contribution in [0.4, 0.5) is 4.39 Å². The number of carbonyl (C=O) groups is 3. The van der Waals surface area contributed by atoms with Gasteiger partial charge in [0, 0.05) is 6.08 Å². The number of nitrogens with one attached hydrogen (secondary N) is 1. The minimum absolute atomic E-state index is 0.0705. The van der Waals surface area contributed by atoms with Crippen LogP contribution in [0.15, 0.2) is 24.3 Å². The Hall–Kier alpha value is -2.41. The Morgan fingerprint density at radius 3 is 2.58 bits per heavy atom. The lowest BCUT2D eigenvalue weighted by Crippen LogP contribution is -2.44. The lowest BCUT2D eigenvalue weighted by molar-refractivity contribution is -0.148. The molecular formula is C18H21ClFNO5. The number of hydrogen-bond acceptors (Lipinski definition) is 5. The van der Waals surface area contributed by atoms with Crippen LogP contribution in [0.3, 0.4) is 0 Å². The molecule has 0 aliphatic heterocycles. The van der Waals surface area contributed by atoms with Gasteiger partial charge in [0.2, 0.25) is 0 Å². The summed E-state index contributed by atoms with van der Waals surface area (Å²) < 4.78 is 22.5. The van der Waals surface area contributed by atoms with E-state index in [4.69, 9.17) is 16.3 Å². The number of hydrogen-bond donors (Lipinski definition) is 1. The van der Waals surface area contributed by atoms with Gasteiger partial charge in [-0.25, -0.2) is 14.0 Å². The molecule has 0 fully saturated rings. The molecule has 1 rings (SSSR count). The largest absolute Gasteiger partial charge is 0.467 e. The van der Waals surface area contributed by atoms with Gasteiger partial charge in [0.25, 0.3) is 5.91 Å². The summed E-state index contributed by atoms with van der Waals surface area (Å²) in [6.07, 6.45) is 2.86. The van der Waals surface area contributed by atoms with Crippen LogP contribution in [-0.2, 0) is 23.9 Å². The molecule has 1 N–H and O–H groups in total. The van der Waals surface area contributed by atoms with Crippen LogP contribution >= 0.6 is 11.6 Å². The second-order valence-electron chi connectivity index (χ2n) is 5.89. The van der Waals surface area contributed by atoms with Crippen molar-refractivity contribution in [3.63, 3.8) is 0 Å². The molecule has 0 saturated heterocycles. The van der Waals surface area contributed by atoms with E-state index in [-0.39, 0.29) is 10.9 Å². The summed E-state index contributed by atoms with van der Waals surface area (Å²) in [5.74, 6) is -2.35. The molecule has 0 heterocycles. The standard InChI is InChI=1S/C18H21ClFNO5/c1-11(2)8-15(18(24)25-3)21-16(22)10-26-17(23)7-5-12-4-6-14(20)13(19)9-12/h4-7,9,11,15H,8,10H2,1-3H3,(H,21,22)/b7-5+/t15-/m0/s1. The van der Waals surface area contributed by atoms with E-state index in [9.17, 15) is 18.8 Å². The van der Waals surface area contributed by atoms with Crippen molar-refractivity contribution in [1.82, 2.24) is 5.32 Å². The van der Waals surface area contributed by atoms with Gasteiger partial charge in [-0.2, -0.15) is 0 Å². The highest BCUT2D eigenvalue weighted by Crippen LogP contribution is 2.16. The van der Waals surface area contributed by atoms with Crippen molar-refractivity contribution in [2.45, 2.75) is 26.3 Å². The predicted octanol–water partition coefficient (Wildman–Crippen LogP) is 2.74. The van der Waals surface area contributed by atoms with Gasteiger partial charge >= 0.3 is 11.9 Å². The quantitative estimate of drug-likeness (QED) is 0.549. The molecule has 0 aliphatic rings. The van der Waals surface area contributed by atoms with Gasteiger partial charge in [-0.1, -0.05) is 31.5 Å². The third-order valence-corrected chi connectivity index (χ3v) is 3.52. The van der Waals surface area contributed by atoms with Gasteiger partial charge in [0.1, 0.15) is 11.9 Å². The zero-order valence-corrected chi connectivity index (χ0v) is 15.5. The molecular weight excluding hydrogens is 365 g/mol. The molecule has 142 valence electrons. The number of esters is 2. The molecule has 1 atom stereocenters. The number of halogens is 2. The van der Waals surface area contributed by atoms with Crippen LogP contribution in [0.1, 0.15) is 25.8 Å². The summed E-state index contributed by atoms with van der Waals surface area (Å²) in [5.41, 5.74) is 0.500. The zero-order chi connectivity index (χ0) is 19.7. The maximum Gasteiger partial charge on any atom is 0.331 e. The van der Waals surface area contributed by atoms with E-state index in [1.807, 2.05) is 13.8 Å². The molecule has 0 aliphatic carbocycles. The highest BCUT2D eigenvalue weighted by molar-refractivity contribution is 6.30. The molecule has 0 aromatic heterocycles. The van der Waals surface area contributed by atoms with Gasteiger partial charge in [-0.05, 0) is 36.1 Å². The normalized spacial score (nSPS) is 12.1. The van der Waals surface area contributed by atoms with Crippen molar-refractivity contribution in [1.29, 1.82) is 0 Å². The van der Waals surface area contributed by atoms with E-state index in [0.717, 1.165) is 6.08 Å². The number of amides is 1. The molecule has 0 radical (unpaired) electrons. The van der Waals surface area contributed by atoms with Crippen molar-refractivity contribution < 1.29 is 28.2 Å². The minimum Gasteiger partial charge on any atom is -0.467 e. The topological polar surface area (TPSA) is 81.7 Å². The Bertz CT molecular complexity index is 690. The monoisotopic (exact) mass is 385 g/mol. The van der Waals surface area contributed by atoms with Crippen molar-refractivity contribution in [3.05, 3.63) is 40.7 Å². The highest BCUT2D eigenvalue weighted by atomic mass is 35.5. The molecule has 26 heavy (non-hydrogen) atoms. The van der Waals surface area contributed by atoms with Crippen LogP contribution in [0.25, 0.3) is 6.08 Å². The summed E-state index contributed by atoms with van der Waals surface area (Å²) >= 11 is 5.64. The maximum atomic E-state index is 13.0. The van der Waals surface area contributed by atoms with Crippen molar-refractivity contribution in [2.24, 2.45) is 5.92 Å². The van der Waals surface area contributed by atoms with Gasteiger partial charge < -0.3 is 14.8 Å². The average Bonchev–Trinajstić information content (AvgIpc) is 2.59. The maximum absolute atomic E-state index is 13.0. The molecule has 6 nitrogen and oxygen atoms in total. The van der Waals surface area contributed by atoms with Gasteiger partial charge in [0.05, 0.1) is 12.1 Å². The fourth-order valence-corrected chi connectivity index (χ4v) is 2.22. The second-order valence-corrected chi connectivity index (χ2v) is 6.29. The Balaban J connectivity index is 2.52. The van der Waals surface area contributed by atoms with E-state index in [1.165, 1.54) is 31.4 Å². The van der Waals surface area contributed by atoms with Crippen LogP contribution in [0, 0.1) is 11.7 Å². The first-order valence-electron chi connectivity index (χ1n) is 7.90. The summed E-state index contributed by atoms with van der Waals surface area (Å²) in [5, 5.41) is 2.40. The summed E-state index contributed by atoms with van der Waals surface area (Å²) in [4.78, 5) is 35.1. The first kappa shape index (κ1) is 21.6. The van der Waals surface area contributed by atoms with Crippen LogP contribution in [-0.4, -0.2) is 37.6 Å². The Morgan fingerprint density at radius 1 is 1.31 bits per heavy atom.